The summed E-state index contributed by atoms with van der Waals surface area (Å²) in [5, 5.41) is 0. The smallest absolute Gasteiger partial charge is 0.136 e. The minimum Gasteiger partial charge on any atom is -0.300 e. The minimum atomic E-state index is -0.767. The number of Topliss-reactive ketones (excluding diaryl/α,β-unsaturated/α-hetero) is 1. The second-order valence-electron chi connectivity index (χ2n) is 3.08. The standard InChI is InChI=1S/C8H13NO/c1-9-6-2-3-7(9)5-8(10)4-6/h6-7H,2-5H2,1H3/t6-,7+/i6D,7D. The van der Waals surface area contributed by atoms with Crippen LogP contribution in [0.5, 0.6) is 0 Å². The molecule has 0 spiro atoms. The van der Waals surface area contributed by atoms with Gasteiger partial charge in [0.15, 0.2) is 0 Å². The van der Waals surface area contributed by atoms with E-state index in [1.807, 2.05) is 0 Å². The predicted octanol–water partition coefficient (Wildman–Crippen LogP) is 0.812. The van der Waals surface area contributed by atoms with Crippen molar-refractivity contribution in [2.75, 3.05) is 7.05 Å². The molecule has 0 aromatic rings. The zero-order valence-electron chi connectivity index (χ0n) is 8.18. The van der Waals surface area contributed by atoms with Crippen LogP contribution < -0.4 is 0 Å². The van der Waals surface area contributed by atoms with Gasteiger partial charge in [0.2, 0.25) is 0 Å². The molecule has 2 aliphatic heterocycles. The largest absolute Gasteiger partial charge is 0.300 e. The highest BCUT2D eigenvalue weighted by molar-refractivity contribution is 5.80. The average molecular weight is 141 g/mol. The van der Waals surface area contributed by atoms with Gasteiger partial charge in [-0.15, -0.1) is 0 Å². The Morgan fingerprint density at radius 1 is 1.50 bits per heavy atom. The maximum Gasteiger partial charge on any atom is 0.136 e. The Morgan fingerprint density at radius 3 is 2.50 bits per heavy atom. The molecule has 0 radical (unpaired) electrons. The summed E-state index contributed by atoms with van der Waals surface area (Å²) in [4.78, 5) is 13.0. The van der Waals surface area contributed by atoms with Crippen LogP contribution in [0.25, 0.3) is 0 Å². The van der Waals surface area contributed by atoms with Crippen molar-refractivity contribution in [3.63, 3.8) is 0 Å². The van der Waals surface area contributed by atoms with Crippen molar-refractivity contribution in [1.82, 2.24) is 4.90 Å². The molecule has 0 aliphatic carbocycles. The lowest BCUT2D eigenvalue weighted by molar-refractivity contribution is -0.123. The molecule has 10 heavy (non-hydrogen) atoms. The third-order valence-corrected chi connectivity index (χ3v) is 2.45. The Morgan fingerprint density at radius 2 is 2.00 bits per heavy atom. The number of carbonyl (C=O) groups is 1. The Labute approximate surface area is 64.0 Å². The van der Waals surface area contributed by atoms with Gasteiger partial charge >= 0.3 is 0 Å². The van der Waals surface area contributed by atoms with Crippen molar-refractivity contribution in [1.29, 1.82) is 0 Å². The maximum absolute atomic E-state index is 11.2. The van der Waals surface area contributed by atoms with Crippen molar-refractivity contribution in [3.8, 4) is 0 Å². The molecule has 2 saturated heterocycles. The van der Waals surface area contributed by atoms with Gasteiger partial charge in [-0.3, -0.25) is 9.69 Å². The van der Waals surface area contributed by atoms with Gasteiger partial charge in [0, 0.05) is 27.6 Å². The van der Waals surface area contributed by atoms with Crippen molar-refractivity contribution in [2.45, 2.75) is 37.7 Å². The predicted molar refractivity (Wildman–Crippen MR) is 38.8 cm³/mol. The fourth-order valence-corrected chi connectivity index (χ4v) is 1.78. The van der Waals surface area contributed by atoms with Crippen LogP contribution in [0.1, 0.15) is 28.4 Å². The van der Waals surface area contributed by atoms with E-state index in [2.05, 4.69) is 0 Å². The first-order valence-corrected chi connectivity index (χ1v) is 3.72. The van der Waals surface area contributed by atoms with Crippen LogP contribution in [-0.4, -0.2) is 29.8 Å². The summed E-state index contributed by atoms with van der Waals surface area (Å²) < 4.78 is 15.9. The first-order valence-electron chi connectivity index (χ1n) is 4.72. The summed E-state index contributed by atoms with van der Waals surface area (Å²) in [7, 11) is 1.79. The number of carbonyl (C=O) groups excluding carboxylic acids is 1. The van der Waals surface area contributed by atoms with E-state index in [-0.39, 0.29) is 5.78 Å². The number of piperidine rings is 1. The van der Waals surface area contributed by atoms with E-state index in [1.165, 1.54) is 0 Å². The monoisotopic (exact) mass is 141 g/mol. The summed E-state index contributed by atoms with van der Waals surface area (Å²) in [5.74, 6) is 0.0793. The summed E-state index contributed by atoms with van der Waals surface area (Å²) in [6, 6.07) is -1.53. The Hall–Kier alpha value is -0.370. The molecule has 0 unspecified atom stereocenters. The molecule has 2 bridgehead atoms. The van der Waals surface area contributed by atoms with E-state index < -0.39 is 12.0 Å². The number of rotatable bonds is 0. The third kappa shape index (κ3) is 0.788. The molecular weight excluding hydrogens is 126 g/mol. The van der Waals surface area contributed by atoms with Crippen LogP contribution in [-0.2, 0) is 4.79 Å². The first-order chi connectivity index (χ1) is 5.46. The minimum absolute atomic E-state index is 0.0793. The number of hydrogen-bond acceptors (Lipinski definition) is 2. The molecule has 2 nitrogen and oxygen atoms in total. The van der Waals surface area contributed by atoms with Crippen molar-refractivity contribution >= 4 is 5.78 Å². The third-order valence-electron chi connectivity index (χ3n) is 2.45. The summed E-state index contributed by atoms with van der Waals surface area (Å²) >= 11 is 0. The molecule has 2 heterocycles. The van der Waals surface area contributed by atoms with Crippen molar-refractivity contribution in [3.05, 3.63) is 0 Å². The van der Waals surface area contributed by atoms with E-state index in [0.29, 0.717) is 25.7 Å². The van der Waals surface area contributed by atoms with E-state index in [0.717, 1.165) is 0 Å². The van der Waals surface area contributed by atoms with Gasteiger partial charge < -0.3 is 0 Å². The fourth-order valence-electron chi connectivity index (χ4n) is 1.78. The molecule has 2 fully saturated rings. The molecule has 0 aromatic carbocycles. The average Bonchev–Trinajstić information content (AvgIpc) is 2.16. The quantitative estimate of drug-likeness (QED) is 0.497. The zero-order valence-corrected chi connectivity index (χ0v) is 6.18. The second kappa shape index (κ2) is 2.06. The Bertz CT molecular complexity index is 223. The van der Waals surface area contributed by atoms with Crippen LogP contribution in [0.3, 0.4) is 0 Å². The molecule has 2 heteroatoms. The van der Waals surface area contributed by atoms with Crippen LogP contribution in [0.15, 0.2) is 0 Å². The van der Waals surface area contributed by atoms with Gasteiger partial charge in [0.1, 0.15) is 5.78 Å². The van der Waals surface area contributed by atoms with Crippen molar-refractivity contribution < 1.29 is 7.54 Å². The zero-order chi connectivity index (χ0) is 8.98. The number of nitrogens with zero attached hydrogens (tertiary/aromatic N) is 1. The highest BCUT2D eigenvalue weighted by atomic mass is 16.1. The molecule has 0 amide bonds. The molecule has 56 valence electrons. The number of hydrogen-bond donors (Lipinski definition) is 0. The van der Waals surface area contributed by atoms with E-state index in [4.69, 9.17) is 2.74 Å². The number of ketones is 1. The SMILES string of the molecule is [2H][C@]12CC[C@]([2H])(CC(=O)C1)N2C. The topological polar surface area (TPSA) is 20.3 Å². The fraction of sp³-hybridized carbons (Fsp3) is 0.875. The molecule has 2 aliphatic rings. The molecule has 2 rings (SSSR count). The molecule has 0 N–H and O–H groups in total. The van der Waals surface area contributed by atoms with Gasteiger partial charge in [0.05, 0.1) is 0 Å². The van der Waals surface area contributed by atoms with Crippen LogP contribution in [0, 0.1) is 0 Å². The van der Waals surface area contributed by atoms with Crippen LogP contribution in [0.4, 0.5) is 0 Å². The Balaban J connectivity index is 2.36. The van der Waals surface area contributed by atoms with Gasteiger partial charge in [-0.05, 0) is 19.9 Å². The van der Waals surface area contributed by atoms with Gasteiger partial charge in [-0.1, -0.05) is 0 Å². The first kappa shape index (κ1) is 4.50. The molecule has 0 aromatic heterocycles. The lowest BCUT2D eigenvalue weighted by atomic mass is 10.0. The van der Waals surface area contributed by atoms with Gasteiger partial charge in [-0.2, -0.15) is 0 Å². The molecular formula is C8H13NO. The normalized spacial score (nSPS) is 58.3. The molecule has 0 saturated carbocycles. The van der Waals surface area contributed by atoms with Crippen LogP contribution >= 0.6 is 0 Å². The summed E-state index contributed by atoms with van der Waals surface area (Å²) in [6.45, 7) is 0. The second-order valence-corrected chi connectivity index (χ2v) is 3.08. The van der Waals surface area contributed by atoms with Gasteiger partial charge in [0.25, 0.3) is 0 Å². The van der Waals surface area contributed by atoms with E-state index in [9.17, 15) is 4.79 Å². The van der Waals surface area contributed by atoms with Gasteiger partial charge in [-0.25, -0.2) is 0 Å². The lowest BCUT2D eigenvalue weighted by Gasteiger charge is -2.29. The summed E-state index contributed by atoms with van der Waals surface area (Å²) in [5.41, 5.74) is 0. The summed E-state index contributed by atoms with van der Waals surface area (Å²) in [6.07, 6.45) is 1.95. The van der Waals surface area contributed by atoms with Crippen LogP contribution in [0.2, 0.25) is 0 Å². The highest BCUT2D eigenvalue weighted by Crippen LogP contribution is 2.31. The lowest BCUT2D eigenvalue weighted by Crippen LogP contribution is -2.39. The van der Waals surface area contributed by atoms with E-state index in [1.54, 1.807) is 11.9 Å². The van der Waals surface area contributed by atoms with Crippen molar-refractivity contribution in [2.24, 2.45) is 0 Å². The molecule has 2 atom stereocenters. The maximum atomic E-state index is 11.2. The highest BCUT2D eigenvalue weighted by Gasteiger charge is 2.37. The Kier molecular flexibility index (Phi) is 0.925. The number of fused-ring (bicyclic) bond motifs is 2. The van der Waals surface area contributed by atoms with E-state index >= 15 is 0 Å².